The Morgan fingerprint density at radius 3 is 2.94 bits per heavy atom. The number of rotatable bonds is 2. The number of likely N-dealkylation sites (tertiary alicyclic amines) is 1. The Balaban J connectivity index is 2.34. The van der Waals surface area contributed by atoms with E-state index in [2.05, 4.69) is 11.8 Å². The predicted molar refractivity (Wildman–Crippen MR) is 63.4 cm³/mol. The Hall–Kier alpha value is -0.930. The third-order valence-corrected chi connectivity index (χ3v) is 3.51. The summed E-state index contributed by atoms with van der Waals surface area (Å²) >= 11 is 0. The van der Waals surface area contributed by atoms with Crippen molar-refractivity contribution in [1.82, 2.24) is 4.90 Å². The molecule has 0 amide bonds. The van der Waals surface area contributed by atoms with Gasteiger partial charge < -0.3 is 5.73 Å². The van der Waals surface area contributed by atoms with Crippen molar-refractivity contribution in [2.75, 3.05) is 13.1 Å². The van der Waals surface area contributed by atoms with E-state index in [9.17, 15) is 4.39 Å². The standard InChI is InChI=1S/C13H19FN2/c1-2-16-9-4-3-8-13(16,15)11-6-5-7-12(14)10-11/h5-7,10H,2-4,8-9,15H2,1H3. The first-order chi connectivity index (χ1) is 7.66. The summed E-state index contributed by atoms with van der Waals surface area (Å²) in [6.45, 7) is 4.02. The largest absolute Gasteiger partial charge is 0.309 e. The van der Waals surface area contributed by atoms with Gasteiger partial charge in [0.25, 0.3) is 0 Å². The van der Waals surface area contributed by atoms with E-state index < -0.39 is 5.66 Å². The van der Waals surface area contributed by atoms with Crippen LogP contribution < -0.4 is 5.73 Å². The van der Waals surface area contributed by atoms with Crippen molar-refractivity contribution < 1.29 is 4.39 Å². The summed E-state index contributed by atoms with van der Waals surface area (Å²) in [5.41, 5.74) is 6.88. The van der Waals surface area contributed by atoms with Crippen molar-refractivity contribution in [2.45, 2.75) is 31.8 Å². The first-order valence-electron chi connectivity index (χ1n) is 5.97. The molecule has 1 atom stereocenters. The van der Waals surface area contributed by atoms with Gasteiger partial charge in [-0.1, -0.05) is 19.1 Å². The number of piperidine rings is 1. The molecular formula is C13H19FN2. The van der Waals surface area contributed by atoms with Crippen molar-refractivity contribution in [3.05, 3.63) is 35.6 Å². The van der Waals surface area contributed by atoms with Gasteiger partial charge in [-0.05, 0) is 43.5 Å². The molecule has 0 saturated carbocycles. The predicted octanol–water partition coefficient (Wildman–Crippen LogP) is 2.44. The second-order valence-corrected chi connectivity index (χ2v) is 4.47. The molecule has 16 heavy (non-hydrogen) atoms. The molecule has 1 unspecified atom stereocenters. The van der Waals surface area contributed by atoms with Crippen LogP contribution in [0.3, 0.4) is 0 Å². The second-order valence-electron chi connectivity index (χ2n) is 4.47. The van der Waals surface area contributed by atoms with Crippen LogP contribution in [0.1, 0.15) is 31.7 Å². The van der Waals surface area contributed by atoms with E-state index in [-0.39, 0.29) is 5.82 Å². The minimum absolute atomic E-state index is 0.205. The molecule has 2 rings (SSSR count). The maximum atomic E-state index is 13.2. The molecule has 0 radical (unpaired) electrons. The maximum absolute atomic E-state index is 13.2. The van der Waals surface area contributed by atoms with Gasteiger partial charge in [0.1, 0.15) is 5.82 Å². The molecule has 1 saturated heterocycles. The van der Waals surface area contributed by atoms with Crippen molar-refractivity contribution in [1.29, 1.82) is 0 Å². The molecule has 1 aliphatic heterocycles. The molecule has 0 aromatic heterocycles. The molecule has 0 bridgehead atoms. The maximum Gasteiger partial charge on any atom is 0.123 e. The SMILES string of the molecule is CCN1CCCCC1(N)c1cccc(F)c1. The minimum Gasteiger partial charge on any atom is -0.309 e. The average molecular weight is 222 g/mol. The lowest BCUT2D eigenvalue weighted by atomic mass is 9.89. The number of benzene rings is 1. The summed E-state index contributed by atoms with van der Waals surface area (Å²) in [5.74, 6) is -0.205. The first-order valence-corrected chi connectivity index (χ1v) is 5.97. The van der Waals surface area contributed by atoms with Gasteiger partial charge in [-0.15, -0.1) is 0 Å². The average Bonchev–Trinajstić information content (AvgIpc) is 2.30. The van der Waals surface area contributed by atoms with E-state index in [1.807, 2.05) is 6.07 Å². The van der Waals surface area contributed by atoms with Gasteiger partial charge >= 0.3 is 0 Å². The number of halogens is 1. The van der Waals surface area contributed by atoms with E-state index >= 15 is 0 Å². The molecule has 0 aliphatic carbocycles. The first kappa shape index (κ1) is 11.6. The Morgan fingerprint density at radius 1 is 1.44 bits per heavy atom. The second kappa shape index (κ2) is 4.52. The van der Waals surface area contributed by atoms with Crippen LogP contribution in [0.25, 0.3) is 0 Å². The Morgan fingerprint density at radius 2 is 2.25 bits per heavy atom. The summed E-state index contributed by atoms with van der Waals surface area (Å²) in [6, 6.07) is 6.69. The van der Waals surface area contributed by atoms with Crippen LogP contribution in [-0.2, 0) is 5.66 Å². The van der Waals surface area contributed by atoms with E-state index in [4.69, 9.17) is 5.73 Å². The van der Waals surface area contributed by atoms with Crippen molar-refractivity contribution in [2.24, 2.45) is 5.73 Å². The Bertz CT molecular complexity index is 367. The fraction of sp³-hybridized carbons (Fsp3) is 0.538. The Labute approximate surface area is 96.2 Å². The van der Waals surface area contributed by atoms with Gasteiger partial charge in [0.2, 0.25) is 0 Å². The van der Waals surface area contributed by atoms with Crippen LogP contribution in [0.15, 0.2) is 24.3 Å². The van der Waals surface area contributed by atoms with Gasteiger partial charge in [0, 0.05) is 6.54 Å². The molecule has 1 aromatic carbocycles. The lowest BCUT2D eigenvalue weighted by molar-refractivity contribution is 0.0536. The minimum atomic E-state index is -0.477. The molecule has 88 valence electrons. The monoisotopic (exact) mass is 222 g/mol. The highest BCUT2D eigenvalue weighted by Gasteiger charge is 2.35. The third-order valence-electron chi connectivity index (χ3n) is 3.51. The highest BCUT2D eigenvalue weighted by atomic mass is 19.1. The van der Waals surface area contributed by atoms with Crippen LogP contribution in [0.2, 0.25) is 0 Å². The molecule has 1 heterocycles. The van der Waals surface area contributed by atoms with E-state index in [0.29, 0.717) is 0 Å². The van der Waals surface area contributed by atoms with E-state index in [0.717, 1.165) is 31.5 Å². The molecular weight excluding hydrogens is 203 g/mol. The van der Waals surface area contributed by atoms with Gasteiger partial charge in [-0.25, -0.2) is 4.39 Å². The lowest BCUT2D eigenvalue weighted by Crippen LogP contribution is -2.55. The molecule has 1 aliphatic rings. The number of nitrogens with zero attached hydrogens (tertiary/aromatic N) is 1. The lowest BCUT2D eigenvalue weighted by Gasteiger charge is -2.44. The third kappa shape index (κ3) is 1.97. The van der Waals surface area contributed by atoms with Gasteiger partial charge in [-0.2, -0.15) is 0 Å². The number of hydrogen-bond donors (Lipinski definition) is 1. The quantitative estimate of drug-likeness (QED) is 0.832. The van der Waals surface area contributed by atoms with Crippen LogP contribution >= 0.6 is 0 Å². The van der Waals surface area contributed by atoms with Crippen LogP contribution in [0.4, 0.5) is 4.39 Å². The fourth-order valence-electron chi connectivity index (χ4n) is 2.58. The van der Waals surface area contributed by atoms with Crippen molar-refractivity contribution in [3.8, 4) is 0 Å². The van der Waals surface area contributed by atoms with E-state index in [1.54, 1.807) is 12.1 Å². The smallest absolute Gasteiger partial charge is 0.123 e. The van der Waals surface area contributed by atoms with Crippen molar-refractivity contribution >= 4 is 0 Å². The molecule has 2 nitrogen and oxygen atoms in total. The highest BCUT2D eigenvalue weighted by Crippen LogP contribution is 2.32. The fourth-order valence-corrected chi connectivity index (χ4v) is 2.58. The van der Waals surface area contributed by atoms with Crippen molar-refractivity contribution in [3.63, 3.8) is 0 Å². The summed E-state index contributed by atoms with van der Waals surface area (Å²) in [7, 11) is 0. The zero-order valence-corrected chi connectivity index (χ0v) is 9.75. The normalized spacial score (nSPS) is 26.9. The zero-order valence-electron chi connectivity index (χ0n) is 9.75. The molecule has 2 N–H and O–H groups in total. The zero-order chi connectivity index (χ0) is 11.6. The molecule has 3 heteroatoms. The topological polar surface area (TPSA) is 29.3 Å². The Kier molecular flexibility index (Phi) is 3.26. The van der Waals surface area contributed by atoms with Gasteiger partial charge in [0.05, 0.1) is 5.66 Å². The molecule has 1 fully saturated rings. The highest BCUT2D eigenvalue weighted by molar-refractivity contribution is 5.24. The summed E-state index contributed by atoms with van der Waals surface area (Å²) in [4.78, 5) is 2.24. The van der Waals surface area contributed by atoms with Crippen LogP contribution in [0, 0.1) is 5.82 Å². The molecule has 1 aromatic rings. The number of nitrogens with two attached hydrogens (primary N) is 1. The van der Waals surface area contributed by atoms with Gasteiger partial charge in [0.15, 0.2) is 0 Å². The van der Waals surface area contributed by atoms with Crippen LogP contribution in [-0.4, -0.2) is 18.0 Å². The summed E-state index contributed by atoms with van der Waals surface area (Å²) < 4.78 is 13.2. The summed E-state index contributed by atoms with van der Waals surface area (Å²) in [5, 5.41) is 0. The number of hydrogen-bond acceptors (Lipinski definition) is 2. The summed E-state index contributed by atoms with van der Waals surface area (Å²) in [6.07, 6.45) is 3.20. The van der Waals surface area contributed by atoms with E-state index in [1.165, 1.54) is 12.5 Å². The van der Waals surface area contributed by atoms with Crippen LogP contribution in [0.5, 0.6) is 0 Å². The van der Waals surface area contributed by atoms with Gasteiger partial charge in [-0.3, -0.25) is 4.90 Å². The molecule has 0 spiro atoms.